The Morgan fingerprint density at radius 2 is 1.93 bits per heavy atom. The fourth-order valence-electron chi connectivity index (χ4n) is 3.07. The van der Waals surface area contributed by atoms with Crippen molar-refractivity contribution in [1.82, 2.24) is 5.16 Å². The Kier molecular flexibility index (Phi) is 5.79. The third kappa shape index (κ3) is 4.59. The van der Waals surface area contributed by atoms with Gasteiger partial charge in [0.25, 0.3) is 0 Å². The number of hydrogen-bond donors (Lipinski definition) is 0. The Balaban J connectivity index is 1.40. The first kappa shape index (κ1) is 19.1. The lowest BCUT2D eigenvalue weighted by molar-refractivity contribution is 0.309. The predicted molar refractivity (Wildman–Crippen MR) is 111 cm³/mol. The molecule has 0 amide bonds. The van der Waals surface area contributed by atoms with E-state index in [2.05, 4.69) is 22.1 Å². The average Bonchev–Trinajstić information content (AvgIpc) is 3.39. The second-order valence-corrected chi connectivity index (χ2v) is 6.89. The van der Waals surface area contributed by atoms with Gasteiger partial charge in [0.2, 0.25) is 0 Å². The monoisotopic (exact) mass is 391 g/mol. The molecule has 0 spiro atoms. The molecule has 1 aliphatic rings. The first-order chi connectivity index (χ1) is 14.2. The van der Waals surface area contributed by atoms with Crippen LogP contribution in [0, 0.1) is 5.82 Å². The van der Waals surface area contributed by atoms with Crippen molar-refractivity contribution in [3.63, 3.8) is 0 Å². The second-order valence-electron chi connectivity index (χ2n) is 6.89. The minimum atomic E-state index is -0.326. The van der Waals surface area contributed by atoms with E-state index >= 15 is 0 Å². The van der Waals surface area contributed by atoms with Crippen molar-refractivity contribution >= 4 is 12.1 Å². The Bertz CT molecular complexity index is 1020. The van der Waals surface area contributed by atoms with Gasteiger partial charge in [0.1, 0.15) is 23.0 Å². The summed E-state index contributed by atoms with van der Waals surface area (Å²) in [5.74, 6) is 1.64. The highest BCUT2D eigenvalue weighted by Crippen LogP contribution is 2.24. The number of unbranched alkanes of at least 4 members (excludes halogenated alkanes) is 1. The summed E-state index contributed by atoms with van der Waals surface area (Å²) in [5, 5.41) is 4.16. The number of amidine groups is 1. The van der Waals surface area contributed by atoms with Crippen LogP contribution in [0.4, 0.5) is 4.39 Å². The standard InChI is InChI=1S/C23H22FN3O2/c1-2-3-12-28-18-10-8-16(9-11-18)22-14-19(29-27-22)13-17-15-25-23(26-17)20-6-4-5-7-21(20)24/h4-11,14-15,17H,2-3,12-13H2,1H3. The zero-order valence-corrected chi connectivity index (χ0v) is 16.2. The molecule has 0 bridgehead atoms. The molecule has 2 heterocycles. The van der Waals surface area contributed by atoms with E-state index in [0.29, 0.717) is 23.6 Å². The molecule has 0 fully saturated rings. The summed E-state index contributed by atoms with van der Waals surface area (Å²) >= 11 is 0. The first-order valence-electron chi connectivity index (χ1n) is 9.78. The molecular weight excluding hydrogens is 369 g/mol. The number of benzene rings is 2. The molecule has 0 aliphatic carbocycles. The molecule has 6 heteroatoms. The van der Waals surface area contributed by atoms with E-state index < -0.39 is 0 Å². The van der Waals surface area contributed by atoms with E-state index in [1.54, 1.807) is 24.4 Å². The van der Waals surface area contributed by atoms with Gasteiger partial charge >= 0.3 is 0 Å². The van der Waals surface area contributed by atoms with Crippen LogP contribution in [0.25, 0.3) is 11.3 Å². The molecule has 3 aromatic rings. The molecule has 0 saturated carbocycles. The number of rotatable bonds is 8. The predicted octanol–water partition coefficient (Wildman–Crippen LogP) is 5.10. The fourth-order valence-corrected chi connectivity index (χ4v) is 3.07. The Morgan fingerprint density at radius 3 is 2.72 bits per heavy atom. The highest BCUT2D eigenvalue weighted by molar-refractivity contribution is 6.07. The van der Waals surface area contributed by atoms with Crippen molar-refractivity contribution in [2.24, 2.45) is 9.98 Å². The van der Waals surface area contributed by atoms with Gasteiger partial charge < -0.3 is 9.26 Å². The van der Waals surface area contributed by atoms with Crippen molar-refractivity contribution in [3.05, 3.63) is 71.7 Å². The van der Waals surface area contributed by atoms with E-state index in [4.69, 9.17) is 9.26 Å². The summed E-state index contributed by atoms with van der Waals surface area (Å²) < 4.78 is 25.1. The number of hydrogen-bond acceptors (Lipinski definition) is 5. The second kappa shape index (κ2) is 8.82. The van der Waals surface area contributed by atoms with E-state index in [0.717, 1.165) is 36.5 Å². The lowest BCUT2D eigenvalue weighted by Gasteiger charge is -2.05. The zero-order valence-electron chi connectivity index (χ0n) is 16.2. The summed E-state index contributed by atoms with van der Waals surface area (Å²) in [6, 6.07) is 16.0. The molecular formula is C23H22FN3O2. The van der Waals surface area contributed by atoms with Crippen LogP contribution in [-0.4, -0.2) is 29.9 Å². The van der Waals surface area contributed by atoms with Crippen LogP contribution in [-0.2, 0) is 6.42 Å². The minimum Gasteiger partial charge on any atom is -0.494 e. The Labute approximate surface area is 168 Å². The fraction of sp³-hybridized carbons (Fsp3) is 0.261. The van der Waals surface area contributed by atoms with Gasteiger partial charge in [-0.3, -0.25) is 4.99 Å². The van der Waals surface area contributed by atoms with Crippen LogP contribution >= 0.6 is 0 Å². The molecule has 5 nitrogen and oxygen atoms in total. The zero-order chi connectivity index (χ0) is 20.1. The van der Waals surface area contributed by atoms with Gasteiger partial charge in [-0.25, -0.2) is 9.38 Å². The van der Waals surface area contributed by atoms with Crippen molar-refractivity contribution in [2.45, 2.75) is 32.2 Å². The van der Waals surface area contributed by atoms with Crippen LogP contribution in [0.1, 0.15) is 31.1 Å². The van der Waals surface area contributed by atoms with Gasteiger partial charge in [-0.15, -0.1) is 0 Å². The number of nitrogens with zero attached hydrogens (tertiary/aromatic N) is 3. The van der Waals surface area contributed by atoms with Crippen LogP contribution in [0.2, 0.25) is 0 Å². The summed E-state index contributed by atoms with van der Waals surface area (Å²) in [7, 11) is 0. The molecule has 1 aliphatic heterocycles. The molecule has 2 aromatic carbocycles. The topological polar surface area (TPSA) is 60.0 Å². The summed E-state index contributed by atoms with van der Waals surface area (Å²) in [4.78, 5) is 8.75. The maximum Gasteiger partial charge on any atom is 0.157 e. The van der Waals surface area contributed by atoms with Gasteiger partial charge in [0.05, 0.1) is 18.2 Å². The number of ether oxygens (including phenoxy) is 1. The third-order valence-corrected chi connectivity index (χ3v) is 4.66. The summed E-state index contributed by atoms with van der Waals surface area (Å²) in [5.41, 5.74) is 2.12. The van der Waals surface area contributed by atoms with Crippen molar-refractivity contribution in [1.29, 1.82) is 0 Å². The third-order valence-electron chi connectivity index (χ3n) is 4.66. The molecule has 29 heavy (non-hydrogen) atoms. The Morgan fingerprint density at radius 1 is 1.10 bits per heavy atom. The molecule has 0 saturated heterocycles. The van der Waals surface area contributed by atoms with Gasteiger partial charge in [0, 0.05) is 24.3 Å². The lowest BCUT2D eigenvalue weighted by Crippen LogP contribution is -2.07. The SMILES string of the molecule is CCCCOc1ccc(-c2cc(CC3C=NC(c4ccccc4F)=N3)on2)cc1. The highest BCUT2D eigenvalue weighted by atomic mass is 19.1. The number of halogens is 1. The molecule has 0 radical (unpaired) electrons. The van der Waals surface area contributed by atoms with E-state index in [1.807, 2.05) is 30.3 Å². The van der Waals surface area contributed by atoms with Gasteiger partial charge in [-0.05, 0) is 42.8 Å². The highest BCUT2D eigenvalue weighted by Gasteiger charge is 2.19. The molecule has 0 N–H and O–H groups in total. The van der Waals surface area contributed by atoms with Gasteiger partial charge in [0.15, 0.2) is 5.84 Å². The minimum absolute atomic E-state index is 0.195. The van der Waals surface area contributed by atoms with Crippen LogP contribution in [0.15, 0.2) is 69.1 Å². The molecule has 4 rings (SSSR count). The largest absolute Gasteiger partial charge is 0.494 e. The molecule has 148 valence electrons. The molecule has 1 aromatic heterocycles. The summed E-state index contributed by atoms with van der Waals surface area (Å²) in [6.45, 7) is 2.86. The Hall–Kier alpha value is -3.28. The van der Waals surface area contributed by atoms with Crippen LogP contribution in [0.5, 0.6) is 5.75 Å². The first-order valence-corrected chi connectivity index (χ1v) is 9.78. The summed E-state index contributed by atoms with van der Waals surface area (Å²) in [6.07, 6.45) is 4.39. The number of aliphatic imine (C=N–C) groups is 2. The van der Waals surface area contributed by atoms with E-state index in [-0.39, 0.29) is 11.9 Å². The van der Waals surface area contributed by atoms with E-state index in [1.165, 1.54) is 6.07 Å². The van der Waals surface area contributed by atoms with Gasteiger partial charge in [-0.2, -0.15) is 0 Å². The quantitative estimate of drug-likeness (QED) is 0.502. The van der Waals surface area contributed by atoms with Crippen molar-refractivity contribution in [3.8, 4) is 17.0 Å². The maximum absolute atomic E-state index is 13.9. The normalized spacial score (nSPS) is 15.5. The van der Waals surface area contributed by atoms with Crippen LogP contribution < -0.4 is 4.74 Å². The van der Waals surface area contributed by atoms with Crippen molar-refractivity contribution < 1.29 is 13.7 Å². The van der Waals surface area contributed by atoms with E-state index in [9.17, 15) is 4.39 Å². The number of aromatic nitrogens is 1. The van der Waals surface area contributed by atoms with Crippen molar-refractivity contribution in [2.75, 3.05) is 6.61 Å². The molecule has 1 unspecified atom stereocenters. The smallest absolute Gasteiger partial charge is 0.157 e. The molecule has 1 atom stereocenters. The lowest BCUT2D eigenvalue weighted by atomic mass is 10.1. The van der Waals surface area contributed by atoms with Crippen LogP contribution in [0.3, 0.4) is 0 Å². The maximum atomic E-state index is 13.9. The average molecular weight is 391 g/mol. The van der Waals surface area contributed by atoms with Gasteiger partial charge in [-0.1, -0.05) is 30.6 Å².